The van der Waals surface area contributed by atoms with Crippen LogP contribution in [0.1, 0.15) is 24.0 Å². The van der Waals surface area contributed by atoms with Gasteiger partial charge in [0, 0.05) is 6.54 Å². The molecule has 1 fully saturated rings. The van der Waals surface area contributed by atoms with Crippen molar-refractivity contribution in [2.75, 3.05) is 32.8 Å². The fourth-order valence-electron chi connectivity index (χ4n) is 2.75. The second kappa shape index (κ2) is 6.92. The zero-order chi connectivity index (χ0) is 13.7. The van der Waals surface area contributed by atoms with Gasteiger partial charge in [-0.3, -0.25) is 4.90 Å². The minimum absolute atomic E-state index is 0.733. The highest BCUT2D eigenvalue weighted by Gasteiger charge is 2.17. The van der Waals surface area contributed by atoms with Crippen molar-refractivity contribution in [1.29, 1.82) is 0 Å². The normalized spacial score (nSPS) is 17.6. The highest BCUT2D eigenvalue weighted by molar-refractivity contribution is 5.32. The van der Waals surface area contributed by atoms with Gasteiger partial charge < -0.3 is 10.5 Å². The van der Waals surface area contributed by atoms with E-state index in [4.69, 9.17) is 10.5 Å². The Morgan fingerprint density at radius 2 is 1.79 bits per heavy atom. The van der Waals surface area contributed by atoms with Crippen LogP contribution in [0.5, 0.6) is 5.75 Å². The van der Waals surface area contributed by atoms with E-state index in [0.29, 0.717) is 0 Å². The van der Waals surface area contributed by atoms with Gasteiger partial charge >= 0.3 is 0 Å². The van der Waals surface area contributed by atoms with Gasteiger partial charge in [-0.25, -0.2) is 0 Å². The number of benzene rings is 1. The SMILES string of the molecule is Cc1cc(C)cc(OCCN2CCC(CN)CC2)c1. The van der Waals surface area contributed by atoms with Gasteiger partial charge in [0.05, 0.1) is 0 Å². The van der Waals surface area contributed by atoms with Gasteiger partial charge in [0.1, 0.15) is 12.4 Å². The van der Waals surface area contributed by atoms with Crippen molar-refractivity contribution in [1.82, 2.24) is 4.90 Å². The molecule has 0 atom stereocenters. The van der Waals surface area contributed by atoms with Crippen LogP contribution in [0, 0.1) is 19.8 Å². The molecule has 0 bridgehead atoms. The molecule has 1 aromatic rings. The number of hydrogen-bond donors (Lipinski definition) is 1. The first kappa shape index (κ1) is 14.4. The molecule has 0 amide bonds. The average molecular weight is 262 g/mol. The van der Waals surface area contributed by atoms with E-state index >= 15 is 0 Å². The van der Waals surface area contributed by atoms with Crippen molar-refractivity contribution in [3.63, 3.8) is 0 Å². The summed E-state index contributed by atoms with van der Waals surface area (Å²) in [6, 6.07) is 6.38. The van der Waals surface area contributed by atoms with Gasteiger partial charge in [-0.15, -0.1) is 0 Å². The molecule has 3 nitrogen and oxygen atoms in total. The summed E-state index contributed by atoms with van der Waals surface area (Å²) in [6.07, 6.45) is 2.47. The van der Waals surface area contributed by atoms with E-state index in [1.54, 1.807) is 0 Å². The fourth-order valence-corrected chi connectivity index (χ4v) is 2.75. The number of piperidine rings is 1. The van der Waals surface area contributed by atoms with Gasteiger partial charge in [-0.2, -0.15) is 0 Å². The van der Waals surface area contributed by atoms with Crippen LogP contribution in [-0.2, 0) is 0 Å². The molecule has 3 heteroatoms. The molecule has 106 valence electrons. The van der Waals surface area contributed by atoms with Crippen LogP contribution in [-0.4, -0.2) is 37.7 Å². The summed E-state index contributed by atoms with van der Waals surface area (Å²) in [5.74, 6) is 1.73. The van der Waals surface area contributed by atoms with Gasteiger partial charge in [0.2, 0.25) is 0 Å². The third-order valence-electron chi connectivity index (χ3n) is 3.91. The minimum Gasteiger partial charge on any atom is -0.492 e. The Bertz CT molecular complexity index is 377. The lowest BCUT2D eigenvalue weighted by Crippen LogP contribution is -2.38. The van der Waals surface area contributed by atoms with Gasteiger partial charge in [-0.1, -0.05) is 6.07 Å². The van der Waals surface area contributed by atoms with Crippen LogP contribution >= 0.6 is 0 Å². The Balaban J connectivity index is 1.72. The lowest BCUT2D eigenvalue weighted by Gasteiger charge is -2.31. The molecule has 0 aromatic heterocycles. The summed E-state index contributed by atoms with van der Waals surface area (Å²) in [7, 11) is 0. The smallest absolute Gasteiger partial charge is 0.119 e. The third kappa shape index (κ3) is 4.51. The van der Waals surface area contributed by atoms with Gasteiger partial charge in [0.25, 0.3) is 0 Å². The van der Waals surface area contributed by atoms with E-state index in [9.17, 15) is 0 Å². The van der Waals surface area contributed by atoms with Crippen LogP contribution in [0.3, 0.4) is 0 Å². The molecule has 1 aliphatic rings. The van der Waals surface area contributed by atoms with E-state index in [1.165, 1.54) is 24.0 Å². The average Bonchev–Trinajstić information content (AvgIpc) is 2.38. The molecule has 1 aromatic carbocycles. The standard InChI is InChI=1S/C16H26N2O/c1-13-9-14(2)11-16(10-13)19-8-7-18-5-3-15(12-17)4-6-18/h9-11,15H,3-8,12,17H2,1-2H3. The summed E-state index contributed by atoms with van der Waals surface area (Å²) >= 11 is 0. The molecular formula is C16H26N2O. The molecule has 0 radical (unpaired) electrons. The monoisotopic (exact) mass is 262 g/mol. The van der Waals surface area contributed by atoms with Crippen molar-refractivity contribution in [3.8, 4) is 5.75 Å². The largest absolute Gasteiger partial charge is 0.492 e. The molecule has 1 saturated heterocycles. The lowest BCUT2D eigenvalue weighted by molar-refractivity contribution is 0.157. The Hall–Kier alpha value is -1.06. The molecule has 1 heterocycles. The van der Waals surface area contributed by atoms with Crippen molar-refractivity contribution in [2.24, 2.45) is 11.7 Å². The highest BCUT2D eigenvalue weighted by atomic mass is 16.5. The highest BCUT2D eigenvalue weighted by Crippen LogP contribution is 2.17. The topological polar surface area (TPSA) is 38.5 Å². The van der Waals surface area contributed by atoms with Crippen LogP contribution < -0.4 is 10.5 Å². The van der Waals surface area contributed by atoms with E-state index < -0.39 is 0 Å². The minimum atomic E-state index is 0.733. The molecule has 0 aliphatic carbocycles. The van der Waals surface area contributed by atoms with Gasteiger partial charge in [0.15, 0.2) is 0 Å². The molecule has 0 unspecified atom stereocenters. The van der Waals surface area contributed by atoms with Crippen molar-refractivity contribution >= 4 is 0 Å². The predicted molar refractivity (Wildman–Crippen MR) is 79.6 cm³/mol. The Kier molecular flexibility index (Phi) is 5.23. The number of nitrogens with zero attached hydrogens (tertiary/aromatic N) is 1. The molecule has 19 heavy (non-hydrogen) atoms. The lowest BCUT2D eigenvalue weighted by atomic mass is 9.97. The summed E-state index contributed by atoms with van der Waals surface area (Å²) in [5.41, 5.74) is 8.24. The van der Waals surface area contributed by atoms with Crippen molar-refractivity contribution in [3.05, 3.63) is 29.3 Å². The first-order valence-electron chi connectivity index (χ1n) is 7.31. The maximum Gasteiger partial charge on any atom is 0.119 e. The van der Waals surface area contributed by atoms with E-state index in [1.807, 2.05) is 0 Å². The molecule has 2 N–H and O–H groups in total. The Morgan fingerprint density at radius 1 is 1.16 bits per heavy atom. The summed E-state index contributed by atoms with van der Waals surface area (Å²) in [6.45, 7) is 9.18. The first-order valence-corrected chi connectivity index (χ1v) is 7.31. The Labute approximate surface area is 116 Å². The number of likely N-dealkylation sites (tertiary alicyclic amines) is 1. The number of aryl methyl sites for hydroxylation is 2. The second-order valence-corrected chi connectivity index (χ2v) is 5.69. The molecule has 0 saturated carbocycles. The molecule has 0 spiro atoms. The predicted octanol–water partition coefficient (Wildman–Crippen LogP) is 2.35. The van der Waals surface area contributed by atoms with E-state index in [0.717, 1.165) is 44.5 Å². The second-order valence-electron chi connectivity index (χ2n) is 5.69. The zero-order valence-corrected chi connectivity index (χ0v) is 12.2. The molecule has 2 rings (SSSR count). The van der Waals surface area contributed by atoms with Crippen LogP contribution in [0.2, 0.25) is 0 Å². The number of ether oxygens (including phenoxy) is 1. The maximum absolute atomic E-state index is 5.86. The van der Waals surface area contributed by atoms with Crippen LogP contribution in [0.25, 0.3) is 0 Å². The fraction of sp³-hybridized carbons (Fsp3) is 0.625. The van der Waals surface area contributed by atoms with Crippen LogP contribution in [0.15, 0.2) is 18.2 Å². The molecule has 1 aliphatic heterocycles. The maximum atomic E-state index is 5.86. The number of rotatable bonds is 5. The van der Waals surface area contributed by atoms with Crippen molar-refractivity contribution in [2.45, 2.75) is 26.7 Å². The van der Waals surface area contributed by atoms with E-state index in [-0.39, 0.29) is 0 Å². The van der Waals surface area contributed by atoms with Gasteiger partial charge in [-0.05, 0) is 75.5 Å². The third-order valence-corrected chi connectivity index (χ3v) is 3.91. The van der Waals surface area contributed by atoms with E-state index in [2.05, 4.69) is 36.9 Å². The van der Waals surface area contributed by atoms with Crippen molar-refractivity contribution < 1.29 is 4.74 Å². The van der Waals surface area contributed by atoms with Crippen LogP contribution in [0.4, 0.5) is 0 Å². The number of hydrogen-bond acceptors (Lipinski definition) is 3. The molecular weight excluding hydrogens is 236 g/mol. The summed E-state index contributed by atoms with van der Waals surface area (Å²) < 4.78 is 5.86. The number of nitrogens with two attached hydrogens (primary N) is 1. The summed E-state index contributed by atoms with van der Waals surface area (Å²) in [5, 5.41) is 0. The zero-order valence-electron chi connectivity index (χ0n) is 12.2. The Morgan fingerprint density at radius 3 is 2.37 bits per heavy atom. The first-order chi connectivity index (χ1) is 9.17. The quantitative estimate of drug-likeness (QED) is 0.885. The summed E-state index contributed by atoms with van der Waals surface area (Å²) in [4.78, 5) is 2.48.